The lowest BCUT2D eigenvalue weighted by atomic mass is 10.1. The normalized spacial score (nSPS) is 14.5. The van der Waals surface area contributed by atoms with E-state index in [9.17, 15) is 14.9 Å². The molecule has 1 saturated heterocycles. The van der Waals surface area contributed by atoms with E-state index in [1.54, 1.807) is 17.0 Å². The van der Waals surface area contributed by atoms with Gasteiger partial charge in [0.05, 0.1) is 20.7 Å². The van der Waals surface area contributed by atoms with Gasteiger partial charge in [0.15, 0.2) is 0 Å². The van der Waals surface area contributed by atoms with E-state index < -0.39 is 4.92 Å². The summed E-state index contributed by atoms with van der Waals surface area (Å²) >= 11 is 12.3. The Bertz CT molecular complexity index is 821. The van der Waals surface area contributed by atoms with Gasteiger partial charge in [0.25, 0.3) is 11.6 Å². The molecule has 0 aliphatic carbocycles. The van der Waals surface area contributed by atoms with Gasteiger partial charge in [0, 0.05) is 43.9 Å². The highest BCUT2D eigenvalue weighted by Gasteiger charge is 2.24. The summed E-state index contributed by atoms with van der Waals surface area (Å²) in [6.45, 7) is 2.23. The van der Waals surface area contributed by atoms with Crippen molar-refractivity contribution in [3.63, 3.8) is 0 Å². The number of nitro groups is 1. The van der Waals surface area contributed by atoms with Crippen LogP contribution in [0.15, 0.2) is 42.5 Å². The first kappa shape index (κ1) is 17.5. The first-order valence-corrected chi connectivity index (χ1v) is 8.45. The van der Waals surface area contributed by atoms with E-state index in [4.69, 9.17) is 23.2 Å². The number of carbonyl (C=O) groups is 1. The van der Waals surface area contributed by atoms with Crippen LogP contribution >= 0.6 is 23.2 Å². The maximum atomic E-state index is 12.6. The maximum Gasteiger partial charge on any atom is 0.270 e. The maximum absolute atomic E-state index is 12.6. The van der Waals surface area contributed by atoms with Gasteiger partial charge in [0.1, 0.15) is 0 Å². The molecule has 3 rings (SSSR count). The third-order valence-electron chi connectivity index (χ3n) is 4.14. The fourth-order valence-corrected chi connectivity index (χ4v) is 3.24. The van der Waals surface area contributed by atoms with Crippen molar-refractivity contribution in [2.24, 2.45) is 0 Å². The minimum atomic E-state index is -0.504. The van der Waals surface area contributed by atoms with Crippen molar-refractivity contribution in [2.75, 3.05) is 31.1 Å². The Balaban J connectivity index is 1.70. The molecule has 0 atom stereocenters. The van der Waals surface area contributed by atoms with Crippen LogP contribution in [0.2, 0.25) is 10.0 Å². The monoisotopic (exact) mass is 379 g/mol. The van der Waals surface area contributed by atoms with Crippen LogP contribution in [0.25, 0.3) is 0 Å². The SMILES string of the molecule is O=C(c1cccc([N+](=O)[O-])c1)N1CCN(c2cccc(Cl)c2Cl)CC1. The van der Waals surface area contributed by atoms with Crippen LogP contribution in [0.1, 0.15) is 10.4 Å². The molecule has 0 unspecified atom stereocenters. The van der Waals surface area contributed by atoms with Gasteiger partial charge in [-0.15, -0.1) is 0 Å². The third-order valence-corrected chi connectivity index (χ3v) is 4.95. The lowest BCUT2D eigenvalue weighted by molar-refractivity contribution is -0.384. The molecule has 1 fully saturated rings. The number of nitro benzene ring substituents is 1. The number of amides is 1. The molecule has 25 heavy (non-hydrogen) atoms. The average Bonchev–Trinajstić information content (AvgIpc) is 2.63. The van der Waals surface area contributed by atoms with Gasteiger partial charge >= 0.3 is 0 Å². The van der Waals surface area contributed by atoms with Crippen LogP contribution in [0, 0.1) is 10.1 Å². The van der Waals surface area contributed by atoms with Crippen molar-refractivity contribution in [3.05, 3.63) is 68.2 Å². The molecule has 0 saturated carbocycles. The van der Waals surface area contributed by atoms with Crippen molar-refractivity contribution in [3.8, 4) is 0 Å². The molecule has 1 aliphatic rings. The fourth-order valence-electron chi connectivity index (χ4n) is 2.82. The molecular weight excluding hydrogens is 365 g/mol. The Morgan fingerprint density at radius 2 is 1.72 bits per heavy atom. The second-order valence-electron chi connectivity index (χ2n) is 5.66. The number of hydrogen-bond acceptors (Lipinski definition) is 4. The summed E-state index contributed by atoms with van der Waals surface area (Å²) in [5.74, 6) is -0.208. The Kier molecular flexibility index (Phi) is 5.11. The Hall–Kier alpha value is -2.31. The van der Waals surface area contributed by atoms with Gasteiger partial charge in [-0.05, 0) is 18.2 Å². The molecule has 130 valence electrons. The van der Waals surface area contributed by atoms with Crippen molar-refractivity contribution in [1.29, 1.82) is 0 Å². The van der Waals surface area contributed by atoms with Gasteiger partial charge in [-0.2, -0.15) is 0 Å². The predicted molar refractivity (Wildman–Crippen MR) is 97.7 cm³/mol. The number of nitrogens with zero attached hydrogens (tertiary/aromatic N) is 3. The summed E-state index contributed by atoms with van der Waals surface area (Å²) in [5, 5.41) is 11.9. The standard InChI is InChI=1S/C17H15Cl2N3O3/c18-14-5-2-6-15(16(14)19)20-7-9-21(10-8-20)17(23)12-3-1-4-13(11-12)22(24)25/h1-6,11H,7-10H2. The van der Waals surface area contributed by atoms with E-state index in [0.717, 1.165) is 5.69 Å². The number of halogens is 2. The second kappa shape index (κ2) is 7.29. The number of benzene rings is 2. The highest BCUT2D eigenvalue weighted by Crippen LogP contribution is 2.33. The van der Waals surface area contributed by atoms with E-state index in [2.05, 4.69) is 4.90 Å². The van der Waals surface area contributed by atoms with E-state index in [-0.39, 0.29) is 11.6 Å². The van der Waals surface area contributed by atoms with Gasteiger partial charge in [-0.3, -0.25) is 14.9 Å². The molecule has 8 heteroatoms. The summed E-state index contributed by atoms with van der Waals surface area (Å²) in [5.41, 5.74) is 1.08. The molecule has 0 bridgehead atoms. The van der Waals surface area contributed by atoms with Crippen molar-refractivity contribution in [1.82, 2.24) is 4.90 Å². The van der Waals surface area contributed by atoms with Gasteiger partial charge in [0.2, 0.25) is 0 Å². The van der Waals surface area contributed by atoms with Gasteiger partial charge in [-0.1, -0.05) is 35.3 Å². The minimum absolute atomic E-state index is 0.0878. The molecular formula is C17H15Cl2N3O3. The Morgan fingerprint density at radius 1 is 1.04 bits per heavy atom. The van der Waals surface area contributed by atoms with Gasteiger partial charge in [-0.25, -0.2) is 0 Å². The van der Waals surface area contributed by atoms with Crippen molar-refractivity contribution < 1.29 is 9.72 Å². The van der Waals surface area contributed by atoms with Crippen molar-refractivity contribution in [2.45, 2.75) is 0 Å². The molecule has 2 aromatic carbocycles. The summed E-state index contributed by atoms with van der Waals surface area (Å²) in [7, 11) is 0. The zero-order valence-corrected chi connectivity index (χ0v) is 14.7. The first-order valence-electron chi connectivity index (χ1n) is 7.70. The van der Waals surface area contributed by atoms with E-state index in [1.807, 2.05) is 12.1 Å². The third kappa shape index (κ3) is 3.70. The minimum Gasteiger partial charge on any atom is -0.367 e. The largest absolute Gasteiger partial charge is 0.367 e. The molecule has 1 aliphatic heterocycles. The van der Waals surface area contributed by atoms with E-state index in [0.29, 0.717) is 41.8 Å². The summed E-state index contributed by atoms with van der Waals surface area (Å²) in [6.07, 6.45) is 0. The number of piperazine rings is 1. The summed E-state index contributed by atoms with van der Waals surface area (Å²) < 4.78 is 0. The zero-order chi connectivity index (χ0) is 18.0. The molecule has 1 amide bonds. The van der Waals surface area contributed by atoms with Crippen LogP contribution in [0.4, 0.5) is 11.4 Å². The smallest absolute Gasteiger partial charge is 0.270 e. The molecule has 0 radical (unpaired) electrons. The van der Waals surface area contributed by atoms with Crippen LogP contribution in [-0.4, -0.2) is 41.9 Å². The number of rotatable bonds is 3. The number of anilines is 1. The Morgan fingerprint density at radius 3 is 2.40 bits per heavy atom. The van der Waals surface area contributed by atoms with Crippen molar-refractivity contribution >= 4 is 40.5 Å². The lowest BCUT2D eigenvalue weighted by Gasteiger charge is -2.36. The van der Waals surface area contributed by atoms with Gasteiger partial charge < -0.3 is 9.80 Å². The van der Waals surface area contributed by atoms with Crippen LogP contribution in [0.5, 0.6) is 0 Å². The molecule has 0 N–H and O–H groups in total. The first-order chi connectivity index (χ1) is 12.0. The zero-order valence-electron chi connectivity index (χ0n) is 13.2. The molecule has 6 nitrogen and oxygen atoms in total. The number of non-ortho nitro benzene ring substituents is 1. The topological polar surface area (TPSA) is 66.7 Å². The molecule has 2 aromatic rings. The quantitative estimate of drug-likeness (QED) is 0.599. The highest BCUT2D eigenvalue weighted by molar-refractivity contribution is 6.43. The highest BCUT2D eigenvalue weighted by atomic mass is 35.5. The summed E-state index contributed by atoms with van der Waals surface area (Å²) in [4.78, 5) is 26.7. The summed E-state index contributed by atoms with van der Waals surface area (Å²) in [6, 6.07) is 11.3. The van der Waals surface area contributed by atoms with E-state index >= 15 is 0 Å². The second-order valence-corrected chi connectivity index (χ2v) is 6.44. The van der Waals surface area contributed by atoms with Crippen LogP contribution in [-0.2, 0) is 0 Å². The Labute approximate surface area is 154 Å². The fraction of sp³-hybridized carbons (Fsp3) is 0.235. The number of carbonyl (C=O) groups excluding carboxylic acids is 1. The molecule has 0 spiro atoms. The number of hydrogen-bond donors (Lipinski definition) is 0. The molecule has 0 aromatic heterocycles. The lowest BCUT2D eigenvalue weighted by Crippen LogP contribution is -2.48. The van der Waals surface area contributed by atoms with E-state index in [1.165, 1.54) is 18.2 Å². The van der Waals surface area contributed by atoms with Crippen LogP contribution < -0.4 is 4.90 Å². The average molecular weight is 380 g/mol. The van der Waals surface area contributed by atoms with Crippen LogP contribution in [0.3, 0.4) is 0 Å². The molecule has 1 heterocycles. The predicted octanol–water partition coefficient (Wildman–Crippen LogP) is 3.86.